The van der Waals surface area contributed by atoms with Crippen LogP contribution in [0.2, 0.25) is 0 Å². The van der Waals surface area contributed by atoms with Crippen molar-refractivity contribution in [3.63, 3.8) is 0 Å². The number of pyridine rings is 1. The lowest BCUT2D eigenvalue weighted by atomic mass is 9.94. The fraction of sp³-hybridized carbons (Fsp3) is 0.333. The summed E-state index contributed by atoms with van der Waals surface area (Å²) in [7, 11) is 1.74. The molecular formula is C30H33IN8O10S2. The van der Waals surface area contributed by atoms with Gasteiger partial charge in [0.15, 0.2) is 11.5 Å². The number of carboxylic acid groups (broad SMARTS) is 1. The van der Waals surface area contributed by atoms with E-state index in [-0.39, 0.29) is 72.8 Å². The van der Waals surface area contributed by atoms with Crippen LogP contribution in [-0.2, 0) is 28.8 Å². The molecule has 3 atom stereocenters. The zero-order chi connectivity index (χ0) is 36.3. The quantitative estimate of drug-likeness (QED) is 0.0156. The third-order valence-corrected chi connectivity index (χ3v) is 10.7. The van der Waals surface area contributed by atoms with Crippen LogP contribution in [0.5, 0.6) is 11.5 Å². The van der Waals surface area contributed by atoms with Gasteiger partial charge >= 0.3 is 23.8 Å². The lowest BCUT2D eigenvalue weighted by molar-refractivity contribution is -0.647. The van der Waals surface area contributed by atoms with E-state index in [9.17, 15) is 48.9 Å². The number of carbonyl (C=O) groups excluding carboxylic acids is 6. The van der Waals surface area contributed by atoms with E-state index in [1.54, 1.807) is 31.0 Å². The maximum atomic E-state index is 14.0. The summed E-state index contributed by atoms with van der Waals surface area (Å²) in [5.41, 5.74) is 0.792. The Kier molecular flexibility index (Phi) is 12.3. The number of hydrogen-bond acceptors (Lipinski definition) is 12. The molecule has 0 aliphatic carbocycles. The number of amides is 7. The van der Waals surface area contributed by atoms with Gasteiger partial charge in [-0.25, -0.2) is 9.59 Å². The fourth-order valence-electron chi connectivity index (χ4n) is 5.59. The number of hydrogen-bond donors (Lipinski definition) is 7. The van der Waals surface area contributed by atoms with Gasteiger partial charge in [-0.05, 0) is 30.2 Å². The third-order valence-electron chi connectivity index (χ3n) is 8.23. The number of thioether (sulfide) groups is 2. The molecule has 0 radical (unpaired) electrons. The average molecular weight is 857 g/mol. The zero-order valence-corrected chi connectivity index (χ0v) is 30.8. The van der Waals surface area contributed by atoms with Crippen molar-refractivity contribution in [1.29, 1.82) is 0 Å². The number of carbonyl (C=O) groups is 7. The Labute approximate surface area is 315 Å². The highest BCUT2D eigenvalue weighted by atomic mass is 127. The Morgan fingerprint density at radius 1 is 1.10 bits per heavy atom. The van der Waals surface area contributed by atoms with Gasteiger partial charge in [0.05, 0.1) is 7.05 Å². The summed E-state index contributed by atoms with van der Waals surface area (Å²) in [5, 5.41) is 36.2. The molecule has 51 heavy (non-hydrogen) atoms. The Morgan fingerprint density at radius 3 is 2.41 bits per heavy atom. The van der Waals surface area contributed by atoms with Crippen molar-refractivity contribution >= 4 is 65.6 Å². The van der Waals surface area contributed by atoms with Crippen LogP contribution in [0, 0.1) is 0 Å². The van der Waals surface area contributed by atoms with E-state index in [0.717, 1.165) is 33.7 Å². The van der Waals surface area contributed by atoms with Crippen molar-refractivity contribution in [2.75, 3.05) is 43.6 Å². The molecule has 0 saturated carbocycles. The number of urea groups is 1. The summed E-state index contributed by atoms with van der Waals surface area (Å²) >= 11 is 2.45. The monoisotopic (exact) mass is 856 g/mol. The Morgan fingerprint density at radius 2 is 1.80 bits per heavy atom. The van der Waals surface area contributed by atoms with Crippen LogP contribution < -0.4 is 50.0 Å². The van der Waals surface area contributed by atoms with E-state index in [1.165, 1.54) is 22.7 Å². The van der Waals surface area contributed by atoms with E-state index in [1.807, 2.05) is 12.1 Å². The summed E-state index contributed by atoms with van der Waals surface area (Å²) in [6.45, 7) is 1.75. The lowest BCUT2D eigenvalue weighted by Gasteiger charge is -2.56. The number of piperazine rings is 1. The van der Waals surface area contributed by atoms with Gasteiger partial charge in [0.1, 0.15) is 17.1 Å². The maximum absolute atomic E-state index is 14.0. The lowest BCUT2D eigenvalue weighted by Crippen LogP contribution is -3.00. The second-order valence-corrected chi connectivity index (χ2v) is 13.2. The van der Waals surface area contributed by atoms with E-state index < -0.39 is 64.2 Å². The number of carboxylic acids is 1. The van der Waals surface area contributed by atoms with Gasteiger partial charge in [0, 0.05) is 48.2 Å². The van der Waals surface area contributed by atoms with Crippen LogP contribution in [-0.4, -0.2) is 121 Å². The molecule has 1 aromatic carbocycles. The largest absolute Gasteiger partial charge is 1.00 e. The number of β-lactam (4-membered cyclic amide) rings is 1. The van der Waals surface area contributed by atoms with Gasteiger partial charge < -0.3 is 60.1 Å². The predicted octanol–water partition coefficient (Wildman–Crippen LogP) is -4.39. The first kappa shape index (κ1) is 39.0. The number of halogens is 1. The molecule has 2 saturated heterocycles. The Balaban J connectivity index is 0.00000583. The van der Waals surface area contributed by atoms with Crippen molar-refractivity contribution in [3.05, 3.63) is 59.6 Å². The zero-order valence-electron chi connectivity index (χ0n) is 27.0. The Hall–Kier alpha value is -4.77. The van der Waals surface area contributed by atoms with Gasteiger partial charge in [0.2, 0.25) is 30.4 Å². The maximum Gasteiger partial charge on any atom is 0.352 e. The Bertz CT molecular complexity index is 1800. The standard InChI is InChI=1S/C30H32N8O10S2.HI/c1-3-35-10-11-37(25(44)24(35)43)29(48)33-21(16-4-5-19(40)20(41)12-16)23(42)34-30(32-15-39)27(47)38-22(26(45)46)17(14-50-28(30)38)13-49-18-6-8-36(31-2)9-7-18;/h4-9,12,15,21,28,31H,3,10-11,13-14H2,1-2H3,(H5-,32,33,34,39,40,41,42,43,44,45,46,48);1H/t21-,28-,30-;/m1./s1. The van der Waals surface area contributed by atoms with E-state index in [2.05, 4.69) is 21.4 Å². The average Bonchev–Trinajstić information content (AvgIpc) is 3.11. The highest BCUT2D eigenvalue weighted by molar-refractivity contribution is 8.01. The van der Waals surface area contributed by atoms with Gasteiger partial charge in [-0.3, -0.25) is 33.8 Å². The second kappa shape index (κ2) is 16.1. The summed E-state index contributed by atoms with van der Waals surface area (Å²) in [6, 6.07) is 3.94. The molecule has 0 spiro atoms. The van der Waals surface area contributed by atoms with Gasteiger partial charge in [0.25, 0.3) is 5.91 Å². The molecule has 3 aliphatic rings. The number of nitrogens with one attached hydrogen (secondary N) is 4. The normalized spacial score (nSPS) is 20.4. The number of aliphatic carboxylic acids is 1. The molecule has 7 N–H and O–H groups in total. The smallest absolute Gasteiger partial charge is 0.352 e. The number of benzene rings is 1. The number of imide groups is 1. The number of likely N-dealkylation sites (N-methyl/N-ethyl adjacent to an activating group) is 1. The third kappa shape index (κ3) is 7.49. The van der Waals surface area contributed by atoms with Gasteiger partial charge in [-0.1, -0.05) is 10.7 Å². The highest BCUT2D eigenvalue weighted by Gasteiger charge is 2.66. The van der Waals surface area contributed by atoms with Crippen molar-refractivity contribution in [2.24, 2.45) is 0 Å². The molecule has 272 valence electrons. The molecule has 7 amide bonds. The van der Waals surface area contributed by atoms with Gasteiger partial charge in [-0.2, -0.15) is 5.43 Å². The van der Waals surface area contributed by atoms with E-state index in [0.29, 0.717) is 10.5 Å². The van der Waals surface area contributed by atoms with Crippen LogP contribution in [0.4, 0.5) is 4.79 Å². The fourth-order valence-corrected chi connectivity index (χ4v) is 8.04. The number of rotatable bonds is 12. The van der Waals surface area contributed by atoms with Crippen LogP contribution in [0.3, 0.4) is 0 Å². The molecule has 0 unspecified atom stereocenters. The van der Waals surface area contributed by atoms with Crippen LogP contribution in [0.25, 0.3) is 0 Å². The first-order valence-electron chi connectivity index (χ1n) is 15.1. The van der Waals surface area contributed by atoms with Crippen molar-refractivity contribution in [3.8, 4) is 11.5 Å². The minimum absolute atomic E-state index is 0. The summed E-state index contributed by atoms with van der Waals surface area (Å²) < 4.78 is 1.72. The van der Waals surface area contributed by atoms with Crippen LogP contribution in [0.15, 0.2) is 58.9 Å². The number of phenols is 2. The number of fused-ring (bicyclic) bond motifs is 1. The van der Waals surface area contributed by atoms with Crippen molar-refractivity contribution in [2.45, 2.75) is 28.9 Å². The van der Waals surface area contributed by atoms with Crippen LogP contribution >= 0.6 is 23.5 Å². The molecule has 21 heteroatoms. The second-order valence-electron chi connectivity index (χ2n) is 11.1. The van der Waals surface area contributed by atoms with Gasteiger partial charge in [-0.15, -0.1) is 23.5 Å². The molecule has 2 fully saturated rings. The molecule has 0 bridgehead atoms. The molecular weight excluding hydrogens is 823 g/mol. The number of phenolic OH excluding ortho intramolecular Hbond substituents is 2. The topological polar surface area (TPSA) is 242 Å². The molecule has 2 aromatic rings. The molecule has 3 aliphatic heterocycles. The highest BCUT2D eigenvalue weighted by Crippen LogP contribution is 2.46. The predicted molar refractivity (Wildman–Crippen MR) is 175 cm³/mol. The SMILES string of the molecule is CCN1CCN(C(=O)N[C@@H](C(=O)N[C@]2(NC=O)C(=O)N3C(C(=O)O)=C(CSc4cc[n+](NC)cc4)CS[C@@H]32)c2ccc(O)c(O)c2)C(=O)C1=O.[I-]. The number of nitrogens with zero attached hydrogens (tertiary/aromatic N) is 4. The summed E-state index contributed by atoms with van der Waals surface area (Å²) in [4.78, 5) is 94.2. The van der Waals surface area contributed by atoms with Crippen molar-refractivity contribution in [1.82, 2.24) is 30.7 Å². The minimum Gasteiger partial charge on any atom is -1.00 e. The van der Waals surface area contributed by atoms with E-state index >= 15 is 0 Å². The molecule has 1 aromatic heterocycles. The minimum atomic E-state index is -2.16. The van der Waals surface area contributed by atoms with E-state index in [4.69, 9.17) is 0 Å². The van der Waals surface area contributed by atoms with Crippen LogP contribution in [0.1, 0.15) is 18.5 Å². The molecule has 4 heterocycles. The first-order valence-corrected chi connectivity index (χ1v) is 17.1. The number of aromatic nitrogens is 1. The molecule has 5 rings (SSSR count). The van der Waals surface area contributed by atoms with Crippen molar-refractivity contribution < 1.29 is 77.5 Å². The summed E-state index contributed by atoms with van der Waals surface area (Å²) in [5.74, 6) is -6.40. The molecule has 18 nitrogen and oxygen atoms in total. The number of aromatic hydroxyl groups is 2. The first-order chi connectivity index (χ1) is 23.9. The summed E-state index contributed by atoms with van der Waals surface area (Å²) in [6.07, 6.45) is 3.72.